The molecule has 1 fully saturated rings. The van der Waals surface area contributed by atoms with Crippen molar-refractivity contribution in [2.45, 2.75) is 6.92 Å². The van der Waals surface area contributed by atoms with E-state index in [0.717, 1.165) is 0 Å². The third-order valence-corrected chi connectivity index (χ3v) is 4.95. The van der Waals surface area contributed by atoms with Gasteiger partial charge in [0.15, 0.2) is 0 Å². The highest BCUT2D eigenvalue weighted by Crippen LogP contribution is 2.36. The molecule has 1 N–H and O–H groups in total. The van der Waals surface area contributed by atoms with Gasteiger partial charge >= 0.3 is 0 Å². The normalized spacial score (nSPS) is 17.6. The SMILES string of the molecule is CCN1C(=O)/C(=C/c2cc(Cl)cc(I)c2O)SC1=S. The maximum Gasteiger partial charge on any atom is 0.266 e. The number of phenolic OH excluding ortho intramolecular Hbond substituents is 1. The van der Waals surface area contributed by atoms with Crippen LogP contribution in [0.2, 0.25) is 5.02 Å². The van der Waals surface area contributed by atoms with E-state index in [2.05, 4.69) is 0 Å². The minimum absolute atomic E-state index is 0.117. The fourth-order valence-electron chi connectivity index (χ4n) is 1.61. The first-order valence-corrected chi connectivity index (χ1v) is 8.05. The van der Waals surface area contributed by atoms with Gasteiger partial charge in [0, 0.05) is 17.1 Å². The van der Waals surface area contributed by atoms with E-state index in [1.54, 1.807) is 18.2 Å². The number of amides is 1. The standard InChI is InChI=1S/C12H9ClINO2S2/c1-2-15-11(17)9(19-12(15)18)4-6-3-7(13)5-8(14)10(6)16/h3-5,16H,2H2,1H3/b9-4-. The van der Waals surface area contributed by atoms with E-state index in [9.17, 15) is 9.90 Å². The van der Waals surface area contributed by atoms with Crippen LogP contribution in [0.15, 0.2) is 17.0 Å². The van der Waals surface area contributed by atoms with Gasteiger partial charge in [-0.15, -0.1) is 0 Å². The number of benzene rings is 1. The van der Waals surface area contributed by atoms with Crippen LogP contribution in [-0.4, -0.2) is 26.8 Å². The van der Waals surface area contributed by atoms with Gasteiger partial charge in [-0.05, 0) is 47.7 Å². The molecule has 1 heterocycles. The number of hydrogen-bond donors (Lipinski definition) is 1. The summed E-state index contributed by atoms with van der Waals surface area (Å²) in [5.74, 6) is -0.0151. The summed E-state index contributed by atoms with van der Waals surface area (Å²) in [5.41, 5.74) is 0.522. The van der Waals surface area contributed by atoms with Gasteiger partial charge in [0.05, 0.1) is 8.48 Å². The molecular weight excluding hydrogens is 417 g/mol. The van der Waals surface area contributed by atoms with Gasteiger partial charge in [-0.3, -0.25) is 9.69 Å². The number of thioether (sulfide) groups is 1. The Bertz CT molecular complexity index is 604. The molecule has 0 aliphatic carbocycles. The fraction of sp³-hybridized carbons (Fsp3) is 0.167. The summed E-state index contributed by atoms with van der Waals surface area (Å²) in [6.45, 7) is 2.41. The summed E-state index contributed by atoms with van der Waals surface area (Å²) in [7, 11) is 0. The van der Waals surface area contributed by atoms with Gasteiger partial charge < -0.3 is 5.11 Å². The third-order valence-electron chi connectivity index (χ3n) is 2.53. The van der Waals surface area contributed by atoms with Crippen LogP contribution < -0.4 is 0 Å². The van der Waals surface area contributed by atoms with Gasteiger partial charge in [-0.1, -0.05) is 35.6 Å². The molecule has 1 amide bonds. The van der Waals surface area contributed by atoms with Crippen molar-refractivity contribution in [2.24, 2.45) is 0 Å². The van der Waals surface area contributed by atoms with E-state index >= 15 is 0 Å². The predicted molar refractivity (Wildman–Crippen MR) is 91.4 cm³/mol. The molecule has 7 heteroatoms. The molecule has 100 valence electrons. The van der Waals surface area contributed by atoms with Crippen molar-refractivity contribution in [3.63, 3.8) is 0 Å². The molecule has 1 aliphatic heterocycles. The van der Waals surface area contributed by atoms with Gasteiger partial charge in [-0.2, -0.15) is 0 Å². The number of phenols is 1. The van der Waals surface area contributed by atoms with E-state index in [1.165, 1.54) is 16.7 Å². The highest BCUT2D eigenvalue weighted by Gasteiger charge is 2.30. The maximum absolute atomic E-state index is 12.1. The van der Waals surface area contributed by atoms with E-state index in [0.29, 0.717) is 29.9 Å². The van der Waals surface area contributed by atoms with Crippen LogP contribution in [0.5, 0.6) is 5.75 Å². The van der Waals surface area contributed by atoms with Gasteiger partial charge in [0.2, 0.25) is 0 Å². The molecule has 1 aromatic rings. The van der Waals surface area contributed by atoms with Crippen molar-refractivity contribution < 1.29 is 9.90 Å². The van der Waals surface area contributed by atoms with Crippen molar-refractivity contribution in [3.05, 3.63) is 31.2 Å². The largest absolute Gasteiger partial charge is 0.506 e. The smallest absolute Gasteiger partial charge is 0.266 e. The van der Waals surface area contributed by atoms with Crippen LogP contribution in [0.25, 0.3) is 6.08 Å². The Balaban J connectivity index is 2.43. The molecule has 0 radical (unpaired) electrons. The zero-order valence-electron chi connectivity index (χ0n) is 9.81. The van der Waals surface area contributed by atoms with Crippen LogP contribution in [0, 0.1) is 3.57 Å². The number of carbonyl (C=O) groups excluding carboxylic acids is 1. The highest BCUT2D eigenvalue weighted by molar-refractivity contribution is 14.1. The van der Waals surface area contributed by atoms with Crippen LogP contribution >= 0.6 is 58.2 Å². The molecule has 0 saturated carbocycles. The lowest BCUT2D eigenvalue weighted by atomic mass is 10.2. The number of halogens is 2. The predicted octanol–water partition coefficient (Wildman–Crippen LogP) is 3.87. The lowest BCUT2D eigenvalue weighted by molar-refractivity contribution is -0.121. The second kappa shape index (κ2) is 5.99. The quantitative estimate of drug-likeness (QED) is 0.444. The molecule has 0 aromatic heterocycles. The Kier molecular flexibility index (Phi) is 4.75. The molecule has 3 nitrogen and oxygen atoms in total. The average molecular weight is 426 g/mol. The summed E-state index contributed by atoms with van der Waals surface area (Å²) >= 11 is 14.3. The fourth-order valence-corrected chi connectivity index (χ4v) is 4.04. The van der Waals surface area contributed by atoms with E-state index < -0.39 is 0 Å². The van der Waals surface area contributed by atoms with E-state index in [1.807, 2.05) is 29.5 Å². The molecular formula is C12H9ClINO2S2. The average Bonchev–Trinajstić information content (AvgIpc) is 2.60. The van der Waals surface area contributed by atoms with Crippen molar-refractivity contribution in [1.29, 1.82) is 0 Å². The Morgan fingerprint density at radius 2 is 2.26 bits per heavy atom. The second-order valence-electron chi connectivity index (χ2n) is 3.75. The Morgan fingerprint density at radius 3 is 2.84 bits per heavy atom. The Labute approximate surface area is 139 Å². The van der Waals surface area contributed by atoms with Crippen molar-refractivity contribution in [3.8, 4) is 5.75 Å². The Morgan fingerprint density at radius 1 is 1.58 bits per heavy atom. The summed E-state index contributed by atoms with van der Waals surface area (Å²) in [4.78, 5) is 14.1. The summed E-state index contributed by atoms with van der Waals surface area (Å²) in [6.07, 6.45) is 1.62. The first-order valence-electron chi connectivity index (χ1n) is 5.37. The third kappa shape index (κ3) is 3.07. The van der Waals surface area contributed by atoms with Gasteiger partial charge in [0.25, 0.3) is 5.91 Å². The number of likely N-dealkylation sites (N-methyl/N-ethyl adjacent to an activating group) is 1. The number of nitrogens with zero attached hydrogens (tertiary/aromatic N) is 1. The molecule has 0 spiro atoms. The van der Waals surface area contributed by atoms with Crippen molar-refractivity contribution >= 4 is 74.5 Å². The minimum Gasteiger partial charge on any atom is -0.506 e. The lowest BCUT2D eigenvalue weighted by Crippen LogP contribution is -2.27. The zero-order valence-corrected chi connectivity index (χ0v) is 14.4. The summed E-state index contributed by atoms with van der Waals surface area (Å²) in [6, 6.07) is 3.28. The van der Waals surface area contributed by atoms with E-state index in [-0.39, 0.29) is 11.7 Å². The molecule has 1 saturated heterocycles. The molecule has 0 atom stereocenters. The Hall–Kier alpha value is -0.310. The summed E-state index contributed by atoms with van der Waals surface area (Å²) < 4.78 is 1.18. The second-order valence-corrected chi connectivity index (χ2v) is 7.03. The van der Waals surface area contributed by atoms with Crippen LogP contribution in [0.3, 0.4) is 0 Å². The van der Waals surface area contributed by atoms with Gasteiger partial charge in [0.1, 0.15) is 10.1 Å². The van der Waals surface area contributed by atoms with Crippen molar-refractivity contribution in [1.82, 2.24) is 4.90 Å². The first kappa shape index (κ1) is 15.1. The van der Waals surface area contributed by atoms with Gasteiger partial charge in [-0.25, -0.2) is 0 Å². The topological polar surface area (TPSA) is 40.5 Å². The maximum atomic E-state index is 12.1. The number of thiocarbonyl (C=S) groups is 1. The monoisotopic (exact) mass is 425 g/mol. The highest BCUT2D eigenvalue weighted by atomic mass is 127. The minimum atomic E-state index is -0.133. The first-order chi connectivity index (χ1) is 8.93. The number of hydrogen-bond acceptors (Lipinski definition) is 4. The van der Waals surface area contributed by atoms with Crippen molar-refractivity contribution in [2.75, 3.05) is 6.54 Å². The molecule has 19 heavy (non-hydrogen) atoms. The van der Waals surface area contributed by atoms with E-state index in [4.69, 9.17) is 23.8 Å². The zero-order chi connectivity index (χ0) is 14.2. The van der Waals surface area contributed by atoms with Crippen LogP contribution in [-0.2, 0) is 4.79 Å². The molecule has 1 aromatic carbocycles. The van der Waals surface area contributed by atoms with Crippen LogP contribution in [0.1, 0.15) is 12.5 Å². The lowest BCUT2D eigenvalue weighted by Gasteiger charge is -2.09. The number of rotatable bonds is 2. The molecule has 2 rings (SSSR count). The molecule has 1 aliphatic rings. The summed E-state index contributed by atoms with van der Waals surface area (Å²) in [5, 5.41) is 10.5. The number of carbonyl (C=O) groups is 1. The van der Waals surface area contributed by atoms with Crippen LogP contribution in [0.4, 0.5) is 0 Å². The molecule has 0 unspecified atom stereocenters. The molecule has 0 bridgehead atoms. The number of aromatic hydroxyl groups is 1.